The maximum absolute atomic E-state index is 13.7. The molecule has 0 spiro atoms. The number of rotatable bonds is 4. The average molecular weight is 291 g/mol. The lowest BCUT2D eigenvalue weighted by Gasteiger charge is -2.11. The van der Waals surface area contributed by atoms with Gasteiger partial charge >= 0.3 is 0 Å². The van der Waals surface area contributed by atoms with E-state index in [1.807, 2.05) is 0 Å². The molecule has 0 aliphatic rings. The maximum atomic E-state index is 13.7. The van der Waals surface area contributed by atoms with Gasteiger partial charge in [0.05, 0.1) is 19.8 Å². The van der Waals surface area contributed by atoms with Crippen molar-refractivity contribution in [1.82, 2.24) is 4.98 Å². The van der Waals surface area contributed by atoms with Gasteiger partial charge in [-0.3, -0.25) is 4.79 Å². The summed E-state index contributed by atoms with van der Waals surface area (Å²) in [6.07, 6.45) is 1.27. The van der Waals surface area contributed by atoms with Crippen LogP contribution in [-0.4, -0.2) is 25.1 Å². The molecule has 6 nitrogen and oxygen atoms in total. The van der Waals surface area contributed by atoms with Crippen LogP contribution in [-0.2, 0) is 0 Å². The first-order valence-corrected chi connectivity index (χ1v) is 6.00. The highest BCUT2D eigenvalue weighted by atomic mass is 19.1. The number of aromatic nitrogens is 1. The molecule has 0 unspecified atom stereocenters. The first-order chi connectivity index (χ1) is 10.1. The molecule has 0 atom stereocenters. The van der Waals surface area contributed by atoms with Crippen molar-refractivity contribution in [2.75, 3.05) is 25.3 Å². The largest absolute Gasteiger partial charge is 0.493 e. The quantitative estimate of drug-likeness (QED) is 0.900. The van der Waals surface area contributed by atoms with Crippen LogP contribution in [0.25, 0.3) is 0 Å². The Labute approximate surface area is 120 Å². The van der Waals surface area contributed by atoms with Crippen molar-refractivity contribution in [2.45, 2.75) is 0 Å². The zero-order chi connectivity index (χ0) is 15.4. The molecule has 7 heteroatoms. The fraction of sp³-hybridized carbons (Fsp3) is 0.143. The van der Waals surface area contributed by atoms with Crippen LogP contribution in [0.1, 0.15) is 10.4 Å². The normalized spacial score (nSPS) is 10.0. The molecule has 0 bridgehead atoms. The maximum Gasteiger partial charge on any atom is 0.258 e. The molecule has 21 heavy (non-hydrogen) atoms. The van der Waals surface area contributed by atoms with Crippen LogP contribution in [0.2, 0.25) is 0 Å². The molecule has 2 rings (SSSR count). The van der Waals surface area contributed by atoms with E-state index < -0.39 is 11.7 Å². The van der Waals surface area contributed by atoms with Gasteiger partial charge in [-0.15, -0.1) is 0 Å². The summed E-state index contributed by atoms with van der Waals surface area (Å²) in [5, 5.41) is 2.55. The minimum absolute atomic E-state index is 0.183. The van der Waals surface area contributed by atoms with Crippen LogP contribution in [0, 0.1) is 5.82 Å². The topological polar surface area (TPSA) is 86.5 Å². The minimum atomic E-state index is -0.851. The fourth-order valence-corrected chi connectivity index (χ4v) is 1.75. The number of carbonyl (C=O) groups is 1. The lowest BCUT2D eigenvalue weighted by molar-refractivity contribution is 0.102. The van der Waals surface area contributed by atoms with Crippen LogP contribution in [0.15, 0.2) is 30.5 Å². The van der Waals surface area contributed by atoms with Gasteiger partial charge in [0.25, 0.3) is 5.91 Å². The van der Waals surface area contributed by atoms with E-state index in [4.69, 9.17) is 15.2 Å². The Balaban J connectivity index is 2.25. The highest BCUT2D eigenvalue weighted by Gasteiger charge is 2.15. The molecule has 0 saturated carbocycles. The predicted molar refractivity (Wildman–Crippen MR) is 76.1 cm³/mol. The third-order valence-corrected chi connectivity index (χ3v) is 2.80. The van der Waals surface area contributed by atoms with E-state index in [2.05, 4.69) is 10.3 Å². The van der Waals surface area contributed by atoms with Crippen LogP contribution in [0.5, 0.6) is 11.5 Å². The molecule has 1 aromatic heterocycles. The number of hydrogen-bond donors (Lipinski definition) is 2. The number of benzene rings is 1. The van der Waals surface area contributed by atoms with Crippen molar-refractivity contribution >= 4 is 17.4 Å². The predicted octanol–water partition coefficient (Wildman–Crippen LogP) is 2.07. The Bertz CT molecular complexity index is 677. The van der Waals surface area contributed by atoms with Gasteiger partial charge in [0, 0.05) is 18.0 Å². The van der Waals surface area contributed by atoms with Gasteiger partial charge in [0.15, 0.2) is 23.1 Å². The summed E-state index contributed by atoms with van der Waals surface area (Å²) in [6.45, 7) is 0. The first-order valence-electron chi connectivity index (χ1n) is 6.00. The van der Waals surface area contributed by atoms with Crippen molar-refractivity contribution in [2.24, 2.45) is 0 Å². The number of methoxy groups -OCH3 is 2. The number of amides is 1. The van der Waals surface area contributed by atoms with E-state index in [0.717, 1.165) is 0 Å². The zero-order valence-corrected chi connectivity index (χ0v) is 11.5. The third kappa shape index (κ3) is 3.02. The summed E-state index contributed by atoms with van der Waals surface area (Å²) < 4.78 is 23.9. The van der Waals surface area contributed by atoms with Gasteiger partial charge in [-0.25, -0.2) is 9.37 Å². The first kappa shape index (κ1) is 14.6. The summed E-state index contributed by atoms with van der Waals surface area (Å²) in [5.74, 6) is -0.834. The van der Waals surface area contributed by atoms with Crippen molar-refractivity contribution in [3.63, 3.8) is 0 Å². The lowest BCUT2D eigenvalue weighted by Crippen LogP contribution is -2.15. The lowest BCUT2D eigenvalue weighted by atomic mass is 10.2. The highest BCUT2D eigenvalue weighted by Crippen LogP contribution is 2.30. The summed E-state index contributed by atoms with van der Waals surface area (Å²) in [4.78, 5) is 15.6. The van der Waals surface area contributed by atoms with Gasteiger partial charge in [-0.05, 0) is 18.2 Å². The van der Waals surface area contributed by atoms with Crippen molar-refractivity contribution in [3.8, 4) is 11.5 Å². The van der Waals surface area contributed by atoms with E-state index in [-0.39, 0.29) is 11.4 Å². The Kier molecular flexibility index (Phi) is 4.22. The number of ether oxygens (including phenoxy) is 2. The van der Waals surface area contributed by atoms with E-state index in [1.165, 1.54) is 26.5 Å². The monoisotopic (exact) mass is 291 g/mol. The van der Waals surface area contributed by atoms with Gasteiger partial charge in [0.2, 0.25) is 0 Å². The third-order valence-electron chi connectivity index (χ3n) is 2.80. The molecule has 110 valence electrons. The SMILES string of the molecule is COc1ccc(NC(=O)c2ccnc(N)c2F)cc1OC. The number of nitrogen functional groups attached to an aromatic ring is 1. The smallest absolute Gasteiger partial charge is 0.258 e. The molecule has 2 aromatic rings. The number of pyridine rings is 1. The number of nitrogens with one attached hydrogen (secondary N) is 1. The molecule has 0 fully saturated rings. The summed E-state index contributed by atoms with van der Waals surface area (Å²) in [6, 6.07) is 6.06. The van der Waals surface area contributed by atoms with E-state index in [9.17, 15) is 9.18 Å². The van der Waals surface area contributed by atoms with Gasteiger partial charge < -0.3 is 20.5 Å². The molecular formula is C14H14FN3O3. The van der Waals surface area contributed by atoms with Gasteiger partial charge in [-0.2, -0.15) is 0 Å². The van der Waals surface area contributed by atoms with E-state index in [1.54, 1.807) is 18.2 Å². The number of hydrogen-bond acceptors (Lipinski definition) is 5. The Morgan fingerprint density at radius 3 is 2.62 bits per heavy atom. The second kappa shape index (κ2) is 6.08. The molecule has 3 N–H and O–H groups in total. The number of halogens is 1. The van der Waals surface area contributed by atoms with Crippen LogP contribution >= 0.6 is 0 Å². The standard InChI is InChI=1S/C14H14FN3O3/c1-20-10-4-3-8(7-11(10)21-2)18-14(19)9-5-6-17-13(16)12(9)15/h3-7H,1-2H3,(H2,16,17)(H,18,19). The molecule has 0 aliphatic carbocycles. The van der Waals surface area contributed by atoms with Gasteiger partial charge in [0.1, 0.15) is 0 Å². The second-order valence-corrected chi connectivity index (χ2v) is 4.08. The number of nitrogens with zero attached hydrogens (tertiary/aromatic N) is 1. The van der Waals surface area contributed by atoms with Crippen LogP contribution in [0.3, 0.4) is 0 Å². The molecule has 0 radical (unpaired) electrons. The fourth-order valence-electron chi connectivity index (χ4n) is 1.75. The van der Waals surface area contributed by atoms with Crippen LogP contribution < -0.4 is 20.5 Å². The van der Waals surface area contributed by atoms with E-state index >= 15 is 0 Å². The Morgan fingerprint density at radius 1 is 1.24 bits per heavy atom. The number of nitrogens with two attached hydrogens (primary N) is 1. The second-order valence-electron chi connectivity index (χ2n) is 4.08. The average Bonchev–Trinajstić information content (AvgIpc) is 2.49. The van der Waals surface area contributed by atoms with E-state index in [0.29, 0.717) is 17.2 Å². The Morgan fingerprint density at radius 2 is 1.95 bits per heavy atom. The number of carbonyl (C=O) groups excluding carboxylic acids is 1. The Hall–Kier alpha value is -2.83. The minimum Gasteiger partial charge on any atom is -0.493 e. The molecule has 1 heterocycles. The van der Waals surface area contributed by atoms with Crippen molar-refractivity contribution < 1.29 is 18.7 Å². The molecule has 1 amide bonds. The molecule has 0 aliphatic heterocycles. The zero-order valence-electron chi connectivity index (χ0n) is 11.5. The van der Waals surface area contributed by atoms with Crippen LogP contribution in [0.4, 0.5) is 15.9 Å². The van der Waals surface area contributed by atoms with Crippen molar-refractivity contribution in [1.29, 1.82) is 0 Å². The number of anilines is 2. The summed E-state index contributed by atoms with van der Waals surface area (Å²) >= 11 is 0. The molecule has 0 saturated heterocycles. The van der Waals surface area contributed by atoms with Crippen molar-refractivity contribution in [3.05, 3.63) is 41.8 Å². The molecule has 1 aromatic carbocycles. The molecular weight excluding hydrogens is 277 g/mol. The van der Waals surface area contributed by atoms with Gasteiger partial charge in [-0.1, -0.05) is 0 Å². The summed E-state index contributed by atoms with van der Waals surface area (Å²) in [5.41, 5.74) is 5.59. The highest BCUT2D eigenvalue weighted by molar-refractivity contribution is 6.05. The summed E-state index contributed by atoms with van der Waals surface area (Å²) in [7, 11) is 2.98.